The maximum atomic E-state index is 12.3. The lowest BCUT2D eigenvalue weighted by molar-refractivity contribution is -0.152. The van der Waals surface area contributed by atoms with Crippen molar-refractivity contribution < 1.29 is 9.53 Å². The fourth-order valence-electron chi connectivity index (χ4n) is 2.98. The van der Waals surface area contributed by atoms with Crippen LogP contribution in [0.5, 0.6) is 0 Å². The van der Waals surface area contributed by atoms with Gasteiger partial charge in [0.05, 0.1) is 23.4 Å². The third-order valence-corrected chi connectivity index (χ3v) is 3.86. The second kappa shape index (κ2) is 5.37. The SMILES string of the molecule is CC(C)OC(=O)C1CNCCC2=c3ccccc3=NC21. The van der Waals surface area contributed by atoms with Crippen molar-refractivity contribution in [3.8, 4) is 0 Å². The highest BCUT2D eigenvalue weighted by atomic mass is 16.5. The van der Waals surface area contributed by atoms with E-state index in [1.54, 1.807) is 0 Å². The fourth-order valence-corrected chi connectivity index (χ4v) is 2.98. The molecular formula is C16H20N2O2. The molecule has 1 N–H and O–H groups in total. The van der Waals surface area contributed by atoms with Gasteiger partial charge < -0.3 is 10.1 Å². The van der Waals surface area contributed by atoms with E-state index in [1.165, 1.54) is 10.8 Å². The Morgan fingerprint density at radius 2 is 2.20 bits per heavy atom. The lowest BCUT2D eigenvalue weighted by Gasteiger charge is -2.21. The Morgan fingerprint density at radius 3 is 3.00 bits per heavy atom. The summed E-state index contributed by atoms with van der Waals surface area (Å²) in [7, 11) is 0. The molecule has 0 aliphatic carbocycles. The summed E-state index contributed by atoms with van der Waals surface area (Å²) in [5.74, 6) is -0.365. The molecule has 4 heteroatoms. The minimum absolute atomic E-state index is 0.0614. The van der Waals surface area contributed by atoms with Crippen LogP contribution in [0.3, 0.4) is 0 Å². The number of rotatable bonds is 2. The smallest absolute Gasteiger partial charge is 0.313 e. The van der Waals surface area contributed by atoms with Crippen LogP contribution in [0.1, 0.15) is 20.3 Å². The van der Waals surface area contributed by atoms with Crippen LogP contribution in [0.25, 0.3) is 5.57 Å². The highest BCUT2D eigenvalue weighted by Gasteiger charge is 2.36. The molecule has 0 amide bonds. The van der Waals surface area contributed by atoms with E-state index in [9.17, 15) is 4.79 Å². The van der Waals surface area contributed by atoms with Crippen LogP contribution in [-0.4, -0.2) is 31.2 Å². The quantitative estimate of drug-likeness (QED) is 0.793. The first kappa shape index (κ1) is 13.3. The molecular weight excluding hydrogens is 252 g/mol. The van der Waals surface area contributed by atoms with Crippen molar-refractivity contribution in [2.24, 2.45) is 10.9 Å². The molecule has 106 valence electrons. The van der Waals surface area contributed by atoms with Crippen LogP contribution in [0.15, 0.2) is 29.3 Å². The predicted molar refractivity (Wildman–Crippen MR) is 76.6 cm³/mol. The van der Waals surface area contributed by atoms with Crippen LogP contribution < -0.4 is 15.9 Å². The van der Waals surface area contributed by atoms with E-state index in [2.05, 4.69) is 11.4 Å². The summed E-state index contributed by atoms with van der Waals surface area (Å²) >= 11 is 0. The second-order valence-electron chi connectivity index (χ2n) is 5.66. The second-order valence-corrected chi connectivity index (χ2v) is 5.66. The summed E-state index contributed by atoms with van der Waals surface area (Å²) in [6, 6.07) is 8.09. The molecule has 1 aromatic carbocycles. The van der Waals surface area contributed by atoms with Crippen molar-refractivity contribution in [2.45, 2.75) is 32.4 Å². The Bertz CT molecular complexity index is 636. The van der Waals surface area contributed by atoms with Gasteiger partial charge in [-0.05, 0) is 38.5 Å². The summed E-state index contributed by atoms with van der Waals surface area (Å²) in [6.45, 7) is 5.29. The molecule has 0 saturated carbocycles. The molecule has 0 bridgehead atoms. The maximum absolute atomic E-state index is 12.3. The molecule has 2 heterocycles. The number of fused-ring (bicyclic) bond motifs is 2. The summed E-state index contributed by atoms with van der Waals surface area (Å²) in [6.07, 6.45) is 0.856. The van der Waals surface area contributed by atoms with Gasteiger partial charge in [-0.1, -0.05) is 18.2 Å². The van der Waals surface area contributed by atoms with Crippen LogP contribution in [0.2, 0.25) is 0 Å². The first-order chi connectivity index (χ1) is 9.66. The van der Waals surface area contributed by atoms with Gasteiger partial charge in [0.25, 0.3) is 0 Å². The minimum atomic E-state index is -0.220. The molecule has 2 atom stereocenters. The molecule has 1 aromatic rings. The standard InChI is InChI=1S/C16H20N2O2/c1-10(2)20-16(19)13-9-17-8-7-12-11-5-3-4-6-14(11)18-15(12)13/h3-6,10,13,15,17H,7-9H2,1-2H3. The zero-order chi connectivity index (χ0) is 14.1. The molecule has 0 radical (unpaired) electrons. The zero-order valence-electron chi connectivity index (χ0n) is 11.9. The number of para-hydroxylation sites is 1. The lowest BCUT2D eigenvalue weighted by atomic mass is 9.93. The third-order valence-electron chi connectivity index (χ3n) is 3.86. The number of benzene rings is 1. The Kier molecular flexibility index (Phi) is 3.57. The zero-order valence-corrected chi connectivity index (χ0v) is 11.9. The molecule has 2 unspecified atom stereocenters. The molecule has 1 fully saturated rings. The van der Waals surface area contributed by atoms with Gasteiger partial charge in [-0.2, -0.15) is 0 Å². The Morgan fingerprint density at radius 1 is 1.40 bits per heavy atom. The van der Waals surface area contributed by atoms with E-state index in [0.29, 0.717) is 6.54 Å². The average molecular weight is 272 g/mol. The number of carbonyl (C=O) groups excluding carboxylic acids is 1. The van der Waals surface area contributed by atoms with Crippen molar-refractivity contribution >= 4 is 11.5 Å². The Hall–Kier alpha value is -1.68. The minimum Gasteiger partial charge on any atom is -0.463 e. The molecule has 1 saturated heterocycles. The van der Waals surface area contributed by atoms with Crippen LogP contribution in [-0.2, 0) is 9.53 Å². The monoisotopic (exact) mass is 272 g/mol. The van der Waals surface area contributed by atoms with E-state index in [-0.39, 0.29) is 24.0 Å². The predicted octanol–water partition coefficient (Wildman–Crippen LogP) is 0.400. The van der Waals surface area contributed by atoms with Gasteiger partial charge in [0, 0.05) is 11.8 Å². The third kappa shape index (κ3) is 2.36. The van der Waals surface area contributed by atoms with Gasteiger partial charge in [0.2, 0.25) is 0 Å². The van der Waals surface area contributed by atoms with Crippen molar-refractivity contribution in [1.82, 2.24) is 5.32 Å². The first-order valence-electron chi connectivity index (χ1n) is 7.24. The molecule has 3 rings (SSSR count). The number of hydrogen-bond acceptors (Lipinski definition) is 4. The fraction of sp³-hybridized carbons (Fsp3) is 0.500. The summed E-state index contributed by atoms with van der Waals surface area (Å²) < 4.78 is 5.40. The van der Waals surface area contributed by atoms with Crippen LogP contribution >= 0.6 is 0 Å². The topological polar surface area (TPSA) is 50.7 Å². The van der Waals surface area contributed by atoms with Gasteiger partial charge in [-0.25, -0.2) is 0 Å². The highest BCUT2D eigenvalue weighted by molar-refractivity contribution is 5.77. The normalized spacial score (nSPS) is 24.6. The number of nitrogens with zero attached hydrogens (tertiary/aromatic N) is 1. The van der Waals surface area contributed by atoms with Crippen LogP contribution in [0.4, 0.5) is 0 Å². The number of esters is 1. The molecule has 0 aromatic heterocycles. The number of ether oxygens (including phenoxy) is 1. The van der Waals surface area contributed by atoms with Crippen molar-refractivity contribution in [3.05, 3.63) is 34.8 Å². The molecule has 20 heavy (non-hydrogen) atoms. The largest absolute Gasteiger partial charge is 0.463 e. The van der Waals surface area contributed by atoms with Gasteiger partial charge in [0.15, 0.2) is 0 Å². The number of carbonyl (C=O) groups is 1. The summed E-state index contributed by atoms with van der Waals surface area (Å²) in [5, 5.41) is 5.54. The molecule has 0 spiro atoms. The van der Waals surface area contributed by atoms with E-state index >= 15 is 0 Å². The van der Waals surface area contributed by atoms with Crippen molar-refractivity contribution in [3.63, 3.8) is 0 Å². The van der Waals surface area contributed by atoms with Crippen molar-refractivity contribution in [1.29, 1.82) is 0 Å². The first-order valence-corrected chi connectivity index (χ1v) is 7.24. The lowest BCUT2D eigenvalue weighted by Crippen LogP contribution is -2.36. The number of hydrogen-bond donors (Lipinski definition) is 1. The highest BCUT2D eigenvalue weighted by Crippen LogP contribution is 2.25. The summed E-state index contributed by atoms with van der Waals surface area (Å²) in [5.41, 5.74) is 1.27. The van der Waals surface area contributed by atoms with Gasteiger partial charge >= 0.3 is 5.97 Å². The van der Waals surface area contributed by atoms with Crippen molar-refractivity contribution in [2.75, 3.05) is 13.1 Å². The Labute approximate surface area is 118 Å². The summed E-state index contributed by atoms with van der Waals surface area (Å²) in [4.78, 5) is 17.1. The van der Waals surface area contributed by atoms with E-state index < -0.39 is 0 Å². The Balaban J connectivity index is 1.99. The maximum Gasteiger partial charge on any atom is 0.313 e. The van der Waals surface area contributed by atoms with E-state index in [0.717, 1.165) is 18.3 Å². The molecule has 2 aliphatic heterocycles. The average Bonchev–Trinajstić information content (AvgIpc) is 2.63. The van der Waals surface area contributed by atoms with Crippen LogP contribution in [0, 0.1) is 5.92 Å². The van der Waals surface area contributed by atoms with E-state index in [1.807, 2.05) is 32.0 Å². The van der Waals surface area contributed by atoms with Gasteiger partial charge in [0.1, 0.15) is 0 Å². The molecule has 2 aliphatic rings. The van der Waals surface area contributed by atoms with Gasteiger partial charge in [-0.15, -0.1) is 0 Å². The van der Waals surface area contributed by atoms with E-state index in [4.69, 9.17) is 9.73 Å². The number of nitrogens with one attached hydrogen (secondary N) is 1. The molecule has 4 nitrogen and oxygen atoms in total. The van der Waals surface area contributed by atoms with Gasteiger partial charge in [-0.3, -0.25) is 9.79 Å².